The monoisotopic (exact) mass is 437 g/mol. The molecule has 7 nitrogen and oxygen atoms in total. The average molecular weight is 438 g/mol. The molecular weight excluding hydrogens is 406 g/mol. The summed E-state index contributed by atoms with van der Waals surface area (Å²) in [4.78, 5) is 38.6. The van der Waals surface area contributed by atoms with Gasteiger partial charge in [-0.2, -0.15) is 0 Å². The van der Waals surface area contributed by atoms with Gasteiger partial charge in [0.1, 0.15) is 5.75 Å². The number of benzene rings is 2. The number of aryl methyl sites for hydroxylation is 2. The van der Waals surface area contributed by atoms with E-state index < -0.39 is 0 Å². The van der Waals surface area contributed by atoms with Gasteiger partial charge < -0.3 is 20.3 Å². The molecule has 1 heterocycles. The predicted octanol–water partition coefficient (Wildman–Crippen LogP) is 2.53. The van der Waals surface area contributed by atoms with E-state index in [4.69, 9.17) is 4.74 Å². The molecule has 170 valence electrons. The molecule has 32 heavy (non-hydrogen) atoms. The molecule has 3 amide bonds. The number of likely N-dealkylation sites (tertiary alicyclic amines) is 1. The van der Waals surface area contributed by atoms with E-state index in [1.54, 1.807) is 29.2 Å². The van der Waals surface area contributed by atoms with Crippen molar-refractivity contribution in [2.75, 3.05) is 26.2 Å². The molecule has 0 atom stereocenters. The maximum Gasteiger partial charge on any atom is 0.260 e. The molecular formula is C25H31N3O4. The number of amides is 3. The molecule has 1 fully saturated rings. The minimum absolute atomic E-state index is 0.00762. The molecule has 2 aromatic carbocycles. The lowest BCUT2D eigenvalue weighted by atomic mass is 10.0. The SMILES string of the molecule is Cc1ccc(C)c(OCC(=O)N2CCC(NC(=O)CNC(=O)c3ccccc3)CC2)c1C. The molecule has 3 rings (SSSR count). The van der Waals surface area contributed by atoms with Crippen LogP contribution in [0.4, 0.5) is 0 Å². The van der Waals surface area contributed by atoms with Gasteiger partial charge in [-0.1, -0.05) is 30.3 Å². The summed E-state index contributed by atoms with van der Waals surface area (Å²) in [5, 5.41) is 5.57. The maximum absolute atomic E-state index is 12.6. The van der Waals surface area contributed by atoms with E-state index in [0.29, 0.717) is 31.5 Å². The van der Waals surface area contributed by atoms with Gasteiger partial charge in [0, 0.05) is 24.7 Å². The summed E-state index contributed by atoms with van der Waals surface area (Å²) in [5.41, 5.74) is 3.72. The van der Waals surface area contributed by atoms with E-state index in [2.05, 4.69) is 10.6 Å². The number of hydrogen-bond acceptors (Lipinski definition) is 4. The third-order valence-corrected chi connectivity index (χ3v) is 5.87. The van der Waals surface area contributed by atoms with Crippen molar-refractivity contribution in [3.8, 4) is 5.75 Å². The fourth-order valence-corrected chi connectivity index (χ4v) is 3.78. The summed E-state index contributed by atoms with van der Waals surface area (Å²) in [6.45, 7) is 7.06. The van der Waals surface area contributed by atoms with E-state index >= 15 is 0 Å². The second-order valence-corrected chi connectivity index (χ2v) is 8.21. The van der Waals surface area contributed by atoms with Crippen molar-refractivity contribution in [2.24, 2.45) is 0 Å². The normalized spacial score (nSPS) is 14.0. The molecule has 0 spiro atoms. The summed E-state index contributed by atoms with van der Waals surface area (Å²) in [6.07, 6.45) is 1.35. The standard InChI is InChI=1S/C25H31N3O4/c1-17-9-10-18(2)24(19(17)3)32-16-23(30)28-13-11-21(12-14-28)27-22(29)15-26-25(31)20-7-5-4-6-8-20/h4-10,21H,11-16H2,1-3H3,(H,26,31)(H,27,29). The Morgan fingerprint density at radius 1 is 0.969 bits per heavy atom. The van der Waals surface area contributed by atoms with Crippen LogP contribution in [-0.2, 0) is 9.59 Å². The summed E-state index contributed by atoms with van der Waals surface area (Å²) >= 11 is 0. The largest absolute Gasteiger partial charge is 0.483 e. The lowest BCUT2D eigenvalue weighted by Gasteiger charge is -2.32. The van der Waals surface area contributed by atoms with Gasteiger partial charge in [-0.15, -0.1) is 0 Å². The third-order valence-electron chi connectivity index (χ3n) is 5.87. The van der Waals surface area contributed by atoms with Crippen LogP contribution in [0.5, 0.6) is 5.75 Å². The van der Waals surface area contributed by atoms with Crippen molar-refractivity contribution < 1.29 is 19.1 Å². The van der Waals surface area contributed by atoms with Crippen LogP contribution in [0.3, 0.4) is 0 Å². The van der Waals surface area contributed by atoms with Crippen molar-refractivity contribution in [1.29, 1.82) is 0 Å². The van der Waals surface area contributed by atoms with E-state index in [0.717, 1.165) is 22.4 Å². The zero-order chi connectivity index (χ0) is 23.1. The minimum Gasteiger partial charge on any atom is -0.483 e. The Kier molecular flexibility index (Phi) is 7.87. The highest BCUT2D eigenvalue weighted by atomic mass is 16.5. The Morgan fingerprint density at radius 3 is 2.31 bits per heavy atom. The van der Waals surface area contributed by atoms with E-state index in [1.807, 2.05) is 39.0 Å². The van der Waals surface area contributed by atoms with Crippen LogP contribution in [0.2, 0.25) is 0 Å². The number of hydrogen-bond donors (Lipinski definition) is 2. The van der Waals surface area contributed by atoms with E-state index in [1.165, 1.54) is 0 Å². The quantitative estimate of drug-likeness (QED) is 0.697. The van der Waals surface area contributed by atoms with Gasteiger partial charge in [0.15, 0.2) is 6.61 Å². The van der Waals surface area contributed by atoms with Gasteiger partial charge in [0.25, 0.3) is 11.8 Å². The first-order valence-electron chi connectivity index (χ1n) is 10.9. The average Bonchev–Trinajstić information content (AvgIpc) is 2.81. The van der Waals surface area contributed by atoms with Crippen LogP contribution in [0.1, 0.15) is 39.9 Å². The first kappa shape index (κ1) is 23.3. The molecule has 1 aliphatic rings. The Labute approximate surface area is 189 Å². The highest BCUT2D eigenvalue weighted by Crippen LogP contribution is 2.25. The highest BCUT2D eigenvalue weighted by molar-refractivity contribution is 5.96. The number of piperidine rings is 1. The molecule has 2 N–H and O–H groups in total. The molecule has 0 radical (unpaired) electrons. The molecule has 0 bridgehead atoms. The molecule has 0 unspecified atom stereocenters. The van der Waals surface area contributed by atoms with Gasteiger partial charge >= 0.3 is 0 Å². The topological polar surface area (TPSA) is 87.7 Å². The van der Waals surface area contributed by atoms with Crippen LogP contribution in [0, 0.1) is 20.8 Å². The third kappa shape index (κ3) is 6.09. The Bertz CT molecular complexity index is 967. The smallest absolute Gasteiger partial charge is 0.260 e. The van der Waals surface area contributed by atoms with Gasteiger partial charge in [-0.05, 0) is 62.4 Å². The summed E-state index contributed by atoms with van der Waals surface area (Å²) in [5.74, 6) is 0.219. The van der Waals surface area contributed by atoms with Crippen molar-refractivity contribution >= 4 is 17.7 Å². The summed E-state index contributed by atoms with van der Waals surface area (Å²) in [7, 11) is 0. The minimum atomic E-state index is -0.278. The van der Waals surface area contributed by atoms with Crippen LogP contribution in [-0.4, -0.2) is 54.9 Å². The van der Waals surface area contributed by atoms with Crippen LogP contribution >= 0.6 is 0 Å². The fraction of sp³-hybridized carbons (Fsp3) is 0.400. The molecule has 0 aliphatic carbocycles. The van der Waals surface area contributed by atoms with Crippen LogP contribution < -0.4 is 15.4 Å². The molecule has 1 saturated heterocycles. The Morgan fingerprint density at radius 2 is 1.62 bits per heavy atom. The lowest BCUT2D eigenvalue weighted by molar-refractivity contribution is -0.134. The lowest BCUT2D eigenvalue weighted by Crippen LogP contribution is -2.49. The van der Waals surface area contributed by atoms with Gasteiger partial charge in [-0.3, -0.25) is 14.4 Å². The number of rotatable bonds is 7. The van der Waals surface area contributed by atoms with Crippen molar-refractivity contribution in [1.82, 2.24) is 15.5 Å². The highest BCUT2D eigenvalue weighted by Gasteiger charge is 2.24. The number of carbonyl (C=O) groups is 3. The number of carbonyl (C=O) groups excluding carboxylic acids is 3. The maximum atomic E-state index is 12.6. The fourth-order valence-electron chi connectivity index (χ4n) is 3.78. The zero-order valence-corrected chi connectivity index (χ0v) is 18.9. The van der Waals surface area contributed by atoms with Gasteiger partial charge in [-0.25, -0.2) is 0 Å². The van der Waals surface area contributed by atoms with Crippen molar-refractivity contribution in [3.63, 3.8) is 0 Å². The number of nitrogens with one attached hydrogen (secondary N) is 2. The first-order chi connectivity index (χ1) is 15.3. The molecule has 2 aromatic rings. The van der Waals surface area contributed by atoms with E-state index in [9.17, 15) is 14.4 Å². The second-order valence-electron chi connectivity index (χ2n) is 8.21. The van der Waals surface area contributed by atoms with E-state index in [-0.39, 0.29) is 36.9 Å². The van der Waals surface area contributed by atoms with Gasteiger partial charge in [0.05, 0.1) is 6.54 Å². The van der Waals surface area contributed by atoms with Gasteiger partial charge in [0.2, 0.25) is 5.91 Å². The van der Waals surface area contributed by atoms with Crippen molar-refractivity contribution in [3.05, 3.63) is 64.7 Å². The summed E-state index contributed by atoms with van der Waals surface area (Å²) in [6, 6.07) is 12.8. The molecule has 0 saturated carbocycles. The van der Waals surface area contributed by atoms with Crippen LogP contribution in [0.15, 0.2) is 42.5 Å². The number of ether oxygens (including phenoxy) is 1. The predicted molar refractivity (Wildman–Crippen MR) is 123 cm³/mol. The molecule has 0 aromatic heterocycles. The molecule has 1 aliphatic heterocycles. The van der Waals surface area contributed by atoms with Crippen molar-refractivity contribution in [2.45, 2.75) is 39.7 Å². The first-order valence-corrected chi connectivity index (χ1v) is 10.9. The number of nitrogens with zero attached hydrogens (tertiary/aromatic N) is 1. The second kappa shape index (κ2) is 10.8. The van der Waals surface area contributed by atoms with Crippen LogP contribution in [0.25, 0.3) is 0 Å². The zero-order valence-electron chi connectivity index (χ0n) is 18.9. The summed E-state index contributed by atoms with van der Waals surface area (Å²) < 4.78 is 5.84. The Balaban J connectivity index is 1.39. The molecule has 7 heteroatoms. The Hall–Kier alpha value is -3.35.